The van der Waals surface area contributed by atoms with E-state index in [9.17, 15) is 77.6 Å². The Hall–Kier alpha value is -7.82. The number of aliphatic hydroxyl groups excluding tert-OH is 2. The molecule has 0 saturated carbocycles. The van der Waals surface area contributed by atoms with Crippen LogP contribution < -0.4 is 87.6 Å². The van der Waals surface area contributed by atoms with Crippen molar-refractivity contribution in [2.24, 2.45) is 39.4 Å². The number of carbonyl (C=O) groups is 13. The molecule has 0 aromatic rings. The molecule has 25 N–H and O–H groups in total. The number of carbonyl (C=O) groups excluding carboxylic acids is 12. The molecular weight excluding hydrogens is 1120 g/mol. The van der Waals surface area contributed by atoms with Gasteiger partial charge in [0.2, 0.25) is 70.9 Å². The van der Waals surface area contributed by atoms with Gasteiger partial charge in [0.1, 0.15) is 48.3 Å². The Morgan fingerprint density at radius 2 is 1.13 bits per heavy atom. The average molecular weight is 1210 g/mol. The van der Waals surface area contributed by atoms with E-state index in [4.69, 9.17) is 34.4 Å². The van der Waals surface area contributed by atoms with Gasteiger partial charge in [-0.15, -0.1) is 0 Å². The molecule has 0 spiro atoms. The Balaban J connectivity index is 3.19. The molecule has 1 rings (SSSR count). The van der Waals surface area contributed by atoms with Gasteiger partial charge in [-0.25, -0.2) is 4.79 Å². The number of unbranched alkanes of at least 4 members (excludes halogenated alkanes) is 3. The minimum atomic E-state index is -1.68. The number of nitrogens with one attached hydrogen (secondary N) is 10. The standard InChI is InChI=1S/C51H92N18O16/c1-4-38(73)58-22-10-7-15-31(63-40(75)26-60-39(74)25-61-48(82)41(29(3)71)68-46(80)35(27-70)67-42(76)30(54)13-5-8-20-52)43(77)62-28(2)49(83)69-24-12-17-36(69)47(81)65-33(16-11-23-59-51(56)57)44(78)64-32(14-6-9-21-53)45(79)66-34(50(84)85)18-19-37(55)72/h28-36,41,70-71H,4-27,52-54H2,1-3H3,(H2,55,72)(H,58,73)(H,60,74)(H,61,82)(H,62,77)(H,63,75)(H,64,78)(H,65,81)(H,66,79)(H,67,76)(H,68,80)(H,84,85)(H4,56,57,59)/t28-,29+,30-,31-,32-,33-,34-,35-,36-,41-/m0/s1. The van der Waals surface area contributed by atoms with Gasteiger partial charge >= 0.3 is 5.97 Å². The fourth-order valence-corrected chi connectivity index (χ4v) is 8.45. The SMILES string of the molecule is CCC(=O)NCCCC[C@H](NC(=O)CNC(=O)CNC(=O)[C@@H](NC(=O)[C@H](CO)NC(=O)[C@@H](N)CCCCN)[C@@H](C)O)C(=O)N[C@@H](C)C(=O)N1CCC[C@H]1C(=O)N[C@@H](CCCN=C(N)N)C(=O)N[C@@H](CCCCN)C(=O)N[C@@H](CCC(N)=O)C(=O)O. The summed E-state index contributed by atoms with van der Waals surface area (Å²) in [6, 6.07) is -12.3. The molecule has 0 unspecified atom stereocenters. The molecule has 482 valence electrons. The number of nitrogens with two attached hydrogens (primary N) is 6. The summed E-state index contributed by atoms with van der Waals surface area (Å²) in [5.41, 5.74) is 33.1. The van der Waals surface area contributed by atoms with Crippen LogP contribution in [-0.2, 0) is 62.3 Å². The summed E-state index contributed by atoms with van der Waals surface area (Å²) in [6.45, 7) is 2.71. The number of aliphatic hydroxyl groups is 2. The summed E-state index contributed by atoms with van der Waals surface area (Å²) in [4.78, 5) is 174. The number of nitrogens with zero attached hydrogens (tertiary/aromatic N) is 2. The Labute approximate surface area is 493 Å². The van der Waals surface area contributed by atoms with Crippen LogP contribution in [0.25, 0.3) is 0 Å². The lowest BCUT2D eigenvalue weighted by atomic mass is 10.0. The van der Waals surface area contributed by atoms with Crippen LogP contribution in [0.1, 0.15) is 124 Å². The minimum Gasteiger partial charge on any atom is -0.480 e. The molecular formula is C51H92N18O16. The third kappa shape index (κ3) is 30.0. The first kappa shape index (κ1) is 75.2. The Morgan fingerprint density at radius 1 is 0.588 bits per heavy atom. The molecule has 1 aliphatic rings. The fourth-order valence-electron chi connectivity index (χ4n) is 8.45. The Kier molecular flexibility index (Phi) is 36.5. The minimum absolute atomic E-state index is 0.00505. The van der Waals surface area contributed by atoms with Gasteiger partial charge in [-0.1, -0.05) is 13.3 Å². The second-order valence-corrected chi connectivity index (χ2v) is 20.4. The Bertz CT molecular complexity index is 2270. The number of hydrogen-bond acceptors (Lipinski definition) is 19. The molecule has 12 amide bonds. The molecule has 0 aromatic carbocycles. The molecule has 0 bridgehead atoms. The molecule has 85 heavy (non-hydrogen) atoms. The normalized spacial score (nSPS) is 15.9. The van der Waals surface area contributed by atoms with E-state index in [1.54, 1.807) is 6.92 Å². The maximum absolute atomic E-state index is 14.1. The van der Waals surface area contributed by atoms with Crippen molar-refractivity contribution in [2.75, 3.05) is 52.4 Å². The smallest absolute Gasteiger partial charge is 0.326 e. The Morgan fingerprint density at radius 3 is 1.71 bits per heavy atom. The summed E-state index contributed by atoms with van der Waals surface area (Å²) in [7, 11) is 0. The van der Waals surface area contributed by atoms with Crippen molar-refractivity contribution in [3.63, 3.8) is 0 Å². The van der Waals surface area contributed by atoms with Gasteiger partial charge in [-0.05, 0) is 110 Å². The first-order valence-electron chi connectivity index (χ1n) is 28.5. The molecule has 1 aliphatic heterocycles. The number of carboxylic acid groups (broad SMARTS) is 1. The molecule has 0 radical (unpaired) electrons. The second-order valence-electron chi connectivity index (χ2n) is 20.4. The van der Waals surface area contributed by atoms with E-state index < -0.39 is 151 Å². The highest BCUT2D eigenvalue weighted by atomic mass is 16.4. The van der Waals surface area contributed by atoms with Crippen molar-refractivity contribution in [3.8, 4) is 0 Å². The third-order valence-corrected chi connectivity index (χ3v) is 13.3. The van der Waals surface area contributed by atoms with Crippen LogP contribution in [0.5, 0.6) is 0 Å². The van der Waals surface area contributed by atoms with Gasteiger partial charge in [-0.2, -0.15) is 0 Å². The van der Waals surface area contributed by atoms with Crippen LogP contribution in [0.2, 0.25) is 0 Å². The third-order valence-electron chi connectivity index (χ3n) is 13.3. The fraction of sp³-hybridized carbons (Fsp3) is 0.725. The second kappa shape index (κ2) is 41.2. The zero-order valence-electron chi connectivity index (χ0n) is 48.8. The van der Waals surface area contributed by atoms with E-state index in [0.717, 1.165) is 6.92 Å². The maximum atomic E-state index is 14.1. The quantitative estimate of drug-likeness (QED) is 0.0153. The maximum Gasteiger partial charge on any atom is 0.326 e. The number of guanidine groups is 1. The van der Waals surface area contributed by atoms with Gasteiger partial charge < -0.3 is 108 Å². The number of primary amides is 1. The average Bonchev–Trinajstić information content (AvgIpc) is 3.98. The molecule has 1 saturated heterocycles. The topological polar surface area (TPSA) is 575 Å². The van der Waals surface area contributed by atoms with Crippen molar-refractivity contribution in [2.45, 2.75) is 184 Å². The molecule has 34 nitrogen and oxygen atoms in total. The van der Waals surface area contributed by atoms with E-state index >= 15 is 0 Å². The predicted molar refractivity (Wildman–Crippen MR) is 306 cm³/mol. The van der Waals surface area contributed by atoms with Crippen LogP contribution in [-0.4, -0.2) is 216 Å². The summed E-state index contributed by atoms with van der Waals surface area (Å²) in [5, 5.41) is 54.1. The molecule has 34 heteroatoms. The van der Waals surface area contributed by atoms with Crippen molar-refractivity contribution < 1.29 is 77.6 Å². The summed E-state index contributed by atoms with van der Waals surface area (Å²) in [6.07, 6.45) is 1.27. The predicted octanol–water partition coefficient (Wildman–Crippen LogP) is -8.32. The number of hydrogen-bond donors (Lipinski definition) is 19. The lowest BCUT2D eigenvalue weighted by Gasteiger charge is -2.30. The van der Waals surface area contributed by atoms with Crippen molar-refractivity contribution in [1.82, 2.24) is 58.1 Å². The van der Waals surface area contributed by atoms with E-state index in [2.05, 4.69) is 58.2 Å². The lowest BCUT2D eigenvalue weighted by Crippen LogP contribution is -2.59. The number of likely N-dealkylation sites (tertiary alicyclic amines) is 1. The summed E-state index contributed by atoms with van der Waals surface area (Å²) < 4.78 is 0. The van der Waals surface area contributed by atoms with Gasteiger partial charge in [0.25, 0.3) is 0 Å². The molecule has 0 aliphatic carbocycles. The molecule has 10 atom stereocenters. The molecule has 0 aromatic heterocycles. The highest BCUT2D eigenvalue weighted by Crippen LogP contribution is 2.20. The zero-order valence-corrected chi connectivity index (χ0v) is 48.8. The monoisotopic (exact) mass is 1210 g/mol. The van der Waals surface area contributed by atoms with E-state index in [0.29, 0.717) is 45.1 Å². The highest BCUT2D eigenvalue weighted by molar-refractivity contribution is 5.98. The summed E-state index contributed by atoms with van der Waals surface area (Å²) in [5.74, 6) is -11.4. The number of amides is 12. The van der Waals surface area contributed by atoms with E-state index in [1.165, 1.54) is 11.8 Å². The first-order valence-corrected chi connectivity index (χ1v) is 28.5. The lowest BCUT2D eigenvalue weighted by molar-refractivity contribution is -0.143. The van der Waals surface area contributed by atoms with E-state index in [-0.39, 0.29) is 102 Å². The van der Waals surface area contributed by atoms with Crippen LogP contribution >= 0.6 is 0 Å². The number of aliphatic imine (C=N–C) groups is 1. The van der Waals surface area contributed by atoms with Gasteiger partial charge in [0, 0.05) is 32.5 Å². The van der Waals surface area contributed by atoms with Crippen LogP contribution in [0, 0.1) is 0 Å². The van der Waals surface area contributed by atoms with Crippen LogP contribution in [0.4, 0.5) is 0 Å². The molecule has 1 fully saturated rings. The van der Waals surface area contributed by atoms with Gasteiger partial charge in [0.15, 0.2) is 5.96 Å². The van der Waals surface area contributed by atoms with Crippen molar-refractivity contribution >= 4 is 82.8 Å². The van der Waals surface area contributed by atoms with Crippen LogP contribution in [0.3, 0.4) is 0 Å². The zero-order chi connectivity index (χ0) is 64.2. The highest BCUT2D eigenvalue weighted by Gasteiger charge is 2.39. The van der Waals surface area contributed by atoms with Gasteiger partial charge in [0.05, 0.1) is 31.8 Å². The largest absolute Gasteiger partial charge is 0.480 e. The first-order chi connectivity index (χ1) is 40.2. The van der Waals surface area contributed by atoms with Crippen molar-refractivity contribution in [3.05, 3.63) is 0 Å². The van der Waals surface area contributed by atoms with Crippen LogP contribution in [0.15, 0.2) is 4.99 Å². The molecule has 1 heterocycles. The summed E-state index contributed by atoms with van der Waals surface area (Å²) >= 11 is 0. The number of aliphatic carboxylic acids is 1. The van der Waals surface area contributed by atoms with E-state index in [1.807, 2.05) is 0 Å². The van der Waals surface area contributed by atoms with Gasteiger partial charge in [-0.3, -0.25) is 62.5 Å². The number of carboxylic acids is 1. The van der Waals surface area contributed by atoms with Crippen molar-refractivity contribution in [1.29, 1.82) is 0 Å². The number of rotatable bonds is 43.